The third kappa shape index (κ3) is 3.18. The van der Waals surface area contributed by atoms with E-state index in [1.165, 1.54) is 29.7 Å². The molecule has 1 unspecified atom stereocenters. The van der Waals surface area contributed by atoms with Crippen LogP contribution in [0.25, 0.3) is 0 Å². The van der Waals surface area contributed by atoms with Crippen LogP contribution in [0.2, 0.25) is 0 Å². The number of carboxylic acid groups (broad SMARTS) is 1. The number of carboxylic acids is 1. The fourth-order valence-electron chi connectivity index (χ4n) is 1.60. The van der Waals surface area contributed by atoms with Crippen molar-refractivity contribution in [1.82, 2.24) is 15.3 Å². The van der Waals surface area contributed by atoms with Crippen molar-refractivity contribution in [2.45, 2.75) is 19.9 Å². The Morgan fingerprint density at radius 2 is 2.20 bits per heavy atom. The molecule has 0 aliphatic heterocycles. The Morgan fingerprint density at radius 3 is 2.80 bits per heavy atom. The van der Waals surface area contributed by atoms with Gasteiger partial charge in [0.2, 0.25) is 0 Å². The molecule has 0 aliphatic rings. The van der Waals surface area contributed by atoms with Gasteiger partial charge in [-0.05, 0) is 26.0 Å². The Labute approximate surface area is 119 Å². The van der Waals surface area contributed by atoms with Crippen molar-refractivity contribution in [1.29, 1.82) is 0 Å². The van der Waals surface area contributed by atoms with Gasteiger partial charge in [-0.2, -0.15) is 0 Å². The first-order chi connectivity index (χ1) is 9.47. The van der Waals surface area contributed by atoms with Crippen LogP contribution in [0.5, 0.6) is 0 Å². The predicted molar refractivity (Wildman–Crippen MR) is 73.9 cm³/mol. The van der Waals surface area contributed by atoms with Gasteiger partial charge in [0.1, 0.15) is 10.7 Å². The van der Waals surface area contributed by atoms with Crippen LogP contribution in [0, 0.1) is 6.92 Å². The molecule has 2 aromatic rings. The van der Waals surface area contributed by atoms with Gasteiger partial charge in [-0.3, -0.25) is 4.79 Å². The number of thiazole rings is 1. The Balaban J connectivity index is 2.12. The summed E-state index contributed by atoms with van der Waals surface area (Å²) < 4.78 is 0. The van der Waals surface area contributed by atoms with E-state index >= 15 is 0 Å². The molecule has 2 heterocycles. The number of hydrogen-bond donors (Lipinski definition) is 2. The molecule has 104 valence electrons. The van der Waals surface area contributed by atoms with E-state index in [1.807, 2.05) is 19.2 Å². The number of carbonyl (C=O) groups is 2. The summed E-state index contributed by atoms with van der Waals surface area (Å²) in [6.07, 6.45) is 1.30. The number of aryl methyl sites for hydroxylation is 1. The monoisotopic (exact) mass is 291 g/mol. The van der Waals surface area contributed by atoms with Crippen LogP contribution < -0.4 is 5.32 Å². The number of amides is 1. The summed E-state index contributed by atoms with van der Waals surface area (Å²) >= 11 is 1.47. The summed E-state index contributed by atoms with van der Waals surface area (Å²) in [7, 11) is 0. The van der Waals surface area contributed by atoms with Crippen molar-refractivity contribution in [3.63, 3.8) is 0 Å². The molecule has 20 heavy (non-hydrogen) atoms. The van der Waals surface area contributed by atoms with Crippen molar-refractivity contribution in [3.8, 4) is 0 Å². The van der Waals surface area contributed by atoms with Gasteiger partial charge >= 0.3 is 5.97 Å². The van der Waals surface area contributed by atoms with Crippen molar-refractivity contribution >= 4 is 23.2 Å². The van der Waals surface area contributed by atoms with E-state index in [0.717, 1.165) is 10.7 Å². The maximum Gasteiger partial charge on any atom is 0.354 e. The normalized spacial score (nSPS) is 11.9. The number of nitrogens with one attached hydrogen (secondary N) is 1. The van der Waals surface area contributed by atoms with Gasteiger partial charge < -0.3 is 10.4 Å². The van der Waals surface area contributed by atoms with Crippen LogP contribution in [0.4, 0.5) is 0 Å². The highest BCUT2D eigenvalue weighted by molar-refractivity contribution is 7.09. The largest absolute Gasteiger partial charge is 0.477 e. The highest BCUT2D eigenvalue weighted by Gasteiger charge is 2.15. The third-order valence-corrected chi connectivity index (χ3v) is 3.74. The fourth-order valence-corrected chi connectivity index (χ4v) is 2.41. The van der Waals surface area contributed by atoms with Crippen LogP contribution in [0.1, 0.15) is 44.5 Å². The maximum absolute atomic E-state index is 12.1. The number of pyridine rings is 1. The zero-order valence-corrected chi connectivity index (χ0v) is 11.8. The van der Waals surface area contributed by atoms with Gasteiger partial charge in [0, 0.05) is 22.8 Å². The lowest BCUT2D eigenvalue weighted by molar-refractivity contribution is 0.0690. The summed E-state index contributed by atoms with van der Waals surface area (Å²) in [6.45, 7) is 3.71. The minimum Gasteiger partial charge on any atom is -0.477 e. The first kappa shape index (κ1) is 14.1. The topological polar surface area (TPSA) is 92.2 Å². The number of nitrogens with zero attached hydrogens (tertiary/aromatic N) is 2. The lowest BCUT2D eigenvalue weighted by Gasteiger charge is -2.11. The first-order valence-electron chi connectivity index (χ1n) is 5.89. The van der Waals surface area contributed by atoms with E-state index in [-0.39, 0.29) is 23.2 Å². The molecule has 0 fully saturated rings. The average molecular weight is 291 g/mol. The number of hydrogen-bond acceptors (Lipinski definition) is 5. The molecule has 0 spiro atoms. The zero-order chi connectivity index (χ0) is 14.7. The molecule has 1 atom stereocenters. The molecule has 2 rings (SSSR count). The van der Waals surface area contributed by atoms with Crippen molar-refractivity contribution in [2.24, 2.45) is 0 Å². The van der Waals surface area contributed by atoms with Crippen LogP contribution in [-0.2, 0) is 0 Å². The van der Waals surface area contributed by atoms with Crippen molar-refractivity contribution in [2.75, 3.05) is 0 Å². The van der Waals surface area contributed by atoms with E-state index in [4.69, 9.17) is 5.11 Å². The second kappa shape index (κ2) is 5.79. The molecule has 0 saturated heterocycles. The number of carbonyl (C=O) groups excluding carboxylic acids is 1. The highest BCUT2D eigenvalue weighted by Crippen LogP contribution is 2.18. The molecule has 7 heteroatoms. The Bertz CT molecular complexity index is 654. The van der Waals surface area contributed by atoms with Crippen LogP contribution in [0.15, 0.2) is 23.7 Å². The summed E-state index contributed by atoms with van der Waals surface area (Å²) in [5.74, 6) is -1.52. The Morgan fingerprint density at radius 1 is 1.45 bits per heavy atom. The van der Waals surface area contributed by atoms with E-state index in [9.17, 15) is 9.59 Å². The quantitative estimate of drug-likeness (QED) is 0.899. The zero-order valence-electron chi connectivity index (χ0n) is 11.0. The Kier molecular flexibility index (Phi) is 4.09. The minimum absolute atomic E-state index is 0.157. The highest BCUT2D eigenvalue weighted by atomic mass is 32.1. The smallest absolute Gasteiger partial charge is 0.354 e. The van der Waals surface area contributed by atoms with E-state index in [0.29, 0.717) is 0 Å². The lowest BCUT2D eigenvalue weighted by Crippen LogP contribution is -2.26. The van der Waals surface area contributed by atoms with Gasteiger partial charge in [-0.1, -0.05) is 0 Å². The molecule has 0 aliphatic carbocycles. The fraction of sp³-hybridized carbons (Fsp3) is 0.231. The minimum atomic E-state index is -1.16. The molecule has 0 saturated carbocycles. The van der Waals surface area contributed by atoms with Crippen molar-refractivity contribution in [3.05, 3.63) is 45.7 Å². The van der Waals surface area contributed by atoms with Crippen molar-refractivity contribution < 1.29 is 14.7 Å². The molecule has 0 bridgehead atoms. The number of aromatic carboxylic acids is 1. The Hall–Kier alpha value is -2.28. The molecule has 2 aromatic heterocycles. The lowest BCUT2D eigenvalue weighted by atomic mass is 10.2. The maximum atomic E-state index is 12.1. The number of rotatable bonds is 4. The van der Waals surface area contributed by atoms with Gasteiger partial charge in [-0.15, -0.1) is 11.3 Å². The molecule has 6 nitrogen and oxygen atoms in total. The summed E-state index contributed by atoms with van der Waals surface area (Å²) in [4.78, 5) is 30.8. The van der Waals surface area contributed by atoms with E-state index in [2.05, 4.69) is 15.3 Å². The standard InChI is InChI=1S/C13H13N3O3S/c1-7-6-20-12(15-7)8(2)16-11(17)9-3-4-14-10(5-9)13(18)19/h3-6,8H,1-2H3,(H,16,17)(H,18,19). The van der Waals surface area contributed by atoms with Crippen LogP contribution >= 0.6 is 11.3 Å². The summed E-state index contributed by atoms with van der Waals surface area (Å²) in [5.41, 5.74) is 1.01. The molecular formula is C13H13N3O3S. The second-order valence-electron chi connectivity index (χ2n) is 4.26. The van der Waals surface area contributed by atoms with Gasteiger partial charge in [-0.25, -0.2) is 14.8 Å². The molecule has 0 radical (unpaired) electrons. The van der Waals surface area contributed by atoms with Gasteiger partial charge in [0.05, 0.1) is 6.04 Å². The SMILES string of the molecule is Cc1csc(C(C)NC(=O)c2ccnc(C(=O)O)c2)n1. The second-order valence-corrected chi connectivity index (χ2v) is 5.15. The van der Waals surface area contributed by atoms with Crippen LogP contribution in [-0.4, -0.2) is 27.0 Å². The average Bonchev–Trinajstić information content (AvgIpc) is 2.85. The molecular weight excluding hydrogens is 278 g/mol. The molecule has 2 N–H and O–H groups in total. The van der Waals surface area contributed by atoms with Gasteiger partial charge in [0.25, 0.3) is 5.91 Å². The molecule has 1 amide bonds. The van der Waals surface area contributed by atoms with E-state index < -0.39 is 5.97 Å². The summed E-state index contributed by atoms with van der Waals surface area (Å²) in [6, 6.07) is 2.49. The van der Waals surface area contributed by atoms with Crippen LogP contribution in [0.3, 0.4) is 0 Å². The third-order valence-electron chi connectivity index (χ3n) is 2.60. The number of aromatic nitrogens is 2. The predicted octanol–water partition coefficient (Wildman–Crippen LogP) is 2.04. The molecule has 0 aromatic carbocycles. The first-order valence-corrected chi connectivity index (χ1v) is 6.77. The van der Waals surface area contributed by atoms with E-state index in [1.54, 1.807) is 0 Å². The summed E-state index contributed by atoms with van der Waals surface area (Å²) in [5, 5.41) is 14.3. The van der Waals surface area contributed by atoms with Gasteiger partial charge in [0.15, 0.2) is 0 Å².